The van der Waals surface area contributed by atoms with Crippen LogP contribution < -0.4 is 5.14 Å². The van der Waals surface area contributed by atoms with E-state index in [1.807, 2.05) is 39.0 Å². The Morgan fingerprint density at radius 1 is 1.21 bits per heavy atom. The van der Waals surface area contributed by atoms with Crippen LogP contribution in [0.4, 0.5) is 0 Å². The summed E-state index contributed by atoms with van der Waals surface area (Å²) in [6.07, 6.45) is 0. The van der Waals surface area contributed by atoms with Gasteiger partial charge in [-0.1, -0.05) is 12.1 Å². The number of primary sulfonamides is 1. The molecule has 0 saturated carbocycles. The number of aryl methyl sites for hydroxylation is 2. The van der Waals surface area contributed by atoms with Crippen LogP contribution in [0.5, 0.6) is 0 Å². The summed E-state index contributed by atoms with van der Waals surface area (Å²) < 4.78 is 24.4. The predicted octanol–water partition coefficient (Wildman–Crippen LogP) is 1.23. The second kappa shape index (κ2) is 4.75. The Labute approximate surface area is 112 Å². The van der Waals surface area contributed by atoms with Crippen molar-refractivity contribution in [1.82, 2.24) is 14.8 Å². The molecule has 0 saturated heterocycles. The van der Waals surface area contributed by atoms with Crippen LogP contribution in [-0.2, 0) is 16.6 Å². The highest BCUT2D eigenvalue weighted by Gasteiger charge is 2.21. The fourth-order valence-electron chi connectivity index (χ4n) is 1.88. The van der Waals surface area contributed by atoms with E-state index in [4.69, 9.17) is 5.14 Å². The van der Waals surface area contributed by atoms with Crippen molar-refractivity contribution < 1.29 is 8.42 Å². The van der Waals surface area contributed by atoms with Gasteiger partial charge in [0, 0.05) is 12.1 Å². The molecule has 1 aromatic carbocycles. The lowest BCUT2D eigenvalue weighted by Crippen LogP contribution is -2.18. The Morgan fingerprint density at radius 2 is 1.89 bits per heavy atom. The molecule has 0 atom stereocenters. The summed E-state index contributed by atoms with van der Waals surface area (Å²) in [5.41, 5.74) is 3.10. The highest BCUT2D eigenvalue weighted by atomic mass is 32.2. The molecule has 1 aromatic heterocycles. The molecule has 0 radical (unpaired) electrons. The third-order valence-corrected chi connectivity index (χ3v) is 3.86. The molecule has 0 unspecified atom stereocenters. The maximum absolute atomic E-state index is 11.4. The molecular weight excluding hydrogens is 264 g/mol. The summed E-state index contributed by atoms with van der Waals surface area (Å²) in [7, 11) is -3.86. The van der Waals surface area contributed by atoms with E-state index in [0.717, 1.165) is 16.7 Å². The summed E-state index contributed by atoms with van der Waals surface area (Å²) in [5.74, 6) is 0.509. The molecule has 0 aliphatic carbocycles. The average molecular weight is 280 g/mol. The minimum Gasteiger partial charge on any atom is -0.297 e. The first kappa shape index (κ1) is 13.7. The highest BCUT2D eigenvalue weighted by molar-refractivity contribution is 7.89. The monoisotopic (exact) mass is 280 g/mol. The van der Waals surface area contributed by atoms with Gasteiger partial charge in [0.15, 0.2) is 5.82 Å². The lowest BCUT2D eigenvalue weighted by atomic mass is 10.1. The maximum Gasteiger partial charge on any atom is 0.273 e. The van der Waals surface area contributed by atoms with Crippen LogP contribution in [0.1, 0.15) is 18.1 Å². The summed E-state index contributed by atoms with van der Waals surface area (Å²) >= 11 is 0. The number of nitrogens with two attached hydrogens (primary N) is 1. The number of hydrogen-bond acceptors (Lipinski definition) is 4. The third kappa shape index (κ3) is 2.52. The SMILES string of the molecule is CCn1c(-c2ccc(C)c(C)c2)nnc1S(N)(=O)=O. The second-order valence-corrected chi connectivity index (χ2v) is 5.85. The summed E-state index contributed by atoms with van der Waals surface area (Å²) in [5, 5.41) is 12.6. The molecule has 102 valence electrons. The molecule has 2 rings (SSSR count). The van der Waals surface area contributed by atoms with Crippen LogP contribution >= 0.6 is 0 Å². The van der Waals surface area contributed by atoms with Gasteiger partial charge in [-0.2, -0.15) is 0 Å². The molecule has 0 bridgehead atoms. The molecule has 0 aliphatic rings. The van der Waals surface area contributed by atoms with Crippen molar-refractivity contribution in [3.8, 4) is 11.4 Å². The standard InChI is InChI=1S/C12H16N4O2S/c1-4-16-11(14-15-12(16)19(13,17)18)10-6-5-8(2)9(3)7-10/h5-7H,4H2,1-3H3,(H2,13,17,18). The van der Waals surface area contributed by atoms with E-state index in [9.17, 15) is 8.42 Å². The molecule has 0 aliphatic heterocycles. The van der Waals surface area contributed by atoms with Crippen molar-refractivity contribution in [2.24, 2.45) is 5.14 Å². The summed E-state index contributed by atoms with van der Waals surface area (Å²) in [6.45, 7) is 6.26. The van der Waals surface area contributed by atoms with Crippen LogP contribution in [0.25, 0.3) is 11.4 Å². The van der Waals surface area contributed by atoms with E-state index in [-0.39, 0.29) is 5.16 Å². The average Bonchev–Trinajstić information content (AvgIpc) is 2.76. The predicted molar refractivity (Wildman–Crippen MR) is 72.0 cm³/mol. The molecule has 0 fully saturated rings. The van der Waals surface area contributed by atoms with Crippen molar-refractivity contribution in [1.29, 1.82) is 0 Å². The molecule has 0 spiro atoms. The topological polar surface area (TPSA) is 90.9 Å². The van der Waals surface area contributed by atoms with Crippen LogP contribution in [0, 0.1) is 13.8 Å². The molecule has 19 heavy (non-hydrogen) atoms. The minimum atomic E-state index is -3.86. The van der Waals surface area contributed by atoms with E-state index in [0.29, 0.717) is 12.4 Å². The number of sulfonamides is 1. The van der Waals surface area contributed by atoms with E-state index in [1.54, 1.807) is 0 Å². The van der Waals surface area contributed by atoms with Crippen LogP contribution in [0.3, 0.4) is 0 Å². The summed E-state index contributed by atoms with van der Waals surface area (Å²) in [6, 6.07) is 5.82. The fraction of sp³-hybridized carbons (Fsp3) is 0.333. The number of hydrogen-bond donors (Lipinski definition) is 1. The first-order valence-corrected chi connectivity index (χ1v) is 7.43. The smallest absolute Gasteiger partial charge is 0.273 e. The minimum absolute atomic E-state index is 0.205. The largest absolute Gasteiger partial charge is 0.297 e. The van der Waals surface area contributed by atoms with Gasteiger partial charge in [0.05, 0.1) is 0 Å². The van der Waals surface area contributed by atoms with Gasteiger partial charge >= 0.3 is 0 Å². The van der Waals surface area contributed by atoms with E-state index in [2.05, 4.69) is 10.2 Å². The second-order valence-electron chi connectivity index (χ2n) is 4.39. The Morgan fingerprint density at radius 3 is 2.42 bits per heavy atom. The number of nitrogens with zero attached hydrogens (tertiary/aromatic N) is 3. The number of rotatable bonds is 3. The van der Waals surface area contributed by atoms with Crippen molar-refractivity contribution in [2.45, 2.75) is 32.5 Å². The van der Waals surface area contributed by atoms with Gasteiger partial charge in [0.25, 0.3) is 15.2 Å². The molecule has 0 amide bonds. The van der Waals surface area contributed by atoms with Gasteiger partial charge in [-0.3, -0.25) is 4.57 Å². The molecule has 2 aromatic rings. The Bertz CT molecular complexity index is 719. The normalized spacial score (nSPS) is 11.8. The Kier molecular flexibility index (Phi) is 3.42. The third-order valence-electron chi connectivity index (χ3n) is 3.05. The zero-order chi connectivity index (χ0) is 14.2. The first-order chi connectivity index (χ1) is 8.84. The lowest BCUT2D eigenvalue weighted by molar-refractivity contribution is 0.571. The number of benzene rings is 1. The van der Waals surface area contributed by atoms with Crippen molar-refractivity contribution in [3.63, 3.8) is 0 Å². The number of aromatic nitrogens is 3. The van der Waals surface area contributed by atoms with Crippen LogP contribution in [-0.4, -0.2) is 23.2 Å². The zero-order valence-corrected chi connectivity index (χ0v) is 11.9. The van der Waals surface area contributed by atoms with Crippen molar-refractivity contribution in [3.05, 3.63) is 29.3 Å². The molecule has 7 heteroatoms. The van der Waals surface area contributed by atoms with Gasteiger partial charge in [0.1, 0.15) is 0 Å². The zero-order valence-electron chi connectivity index (χ0n) is 11.1. The van der Waals surface area contributed by atoms with E-state index < -0.39 is 10.0 Å². The Hall–Kier alpha value is -1.73. The molecule has 1 heterocycles. The lowest BCUT2D eigenvalue weighted by Gasteiger charge is -2.07. The van der Waals surface area contributed by atoms with Gasteiger partial charge < -0.3 is 0 Å². The fourth-order valence-corrected chi connectivity index (χ4v) is 2.56. The summed E-state index contributed by atoms with van der Waals surface area (Å²) in [4.78, 5) is 0. The van der Waals surface area contributed by atoms with Crippen molar-refractivity contribution in [2.75, 3.05) is 0 Å². The van der Waals surface area contributed by atoms with Crippen LogP contribution in [0.2, 0.25) is 0 Å². The van der Waals surface area contributed by atoms with E-state index >= 15 is 0 Å². The Balaban J connectivity index is 2.63. The highest BCUT2D eigenvalue weighted by Crippen LogP contribution is 2.22. The molecule has 2 N–H and O–H groups in total. The van der Waals surface area contributed by atoms with Gasteiger partial charge in [0.2, 0.25) is 0 Å². The van der Waals surface area contributed by atoms with E-state index in [1.165, 1.54) is 4.57 Å². The van der Waals surface area contributed by atoms with Gasteiger partial charge in [-0.15, -0.1) is 10.2 Å². The molecule has 6 nitrogen and oxygen atoms in total. The van der Waals surface area contributed by atoms with Gasteiger partial charge in [-0.25, -0.2) is 13.6 Å². The first-order valence-electron chi connectivity index (χ1n) is 5.88. The van der Waals surface area contributed by atoms with Gasteiger partial charge in [-0.05, 0) is 38.0 Å². The molecular formula is C12H16N4O2S. The van der Waals surface area contributed by atoms with Crippen LogP contribution in [0.15, 0.2) is 23.4 Å². The maximum atomic E-state index is 11.4. The quantitative estimate of drug-likeness (QED) is 0.915. The van der Waals surface area contributed by atoms with Crippen molar-refractivity contribution >= 4 is 10.0 Å².